The summed E-state index contributed by atoms with van der Waals surface area (Å²) in [6, 6.07) is 7.95. The number of nitrogens with one attached hydrogen (secondary N) is 2. The topological polar surface area (TPSA) is 75.1 Å². The summed E-state index contributed by atoms with van der Waals surface area (Å²) >= 11 is 1.54. The van der Waals surface area contributed by atoms with E-state index in [0.717, 1.165) is 34.9 Å². The van der Waals surface area contributed by atoms with Gasteiger partial charge >= 0.3 is 0 Å². The molecule has 1 aromatic carbocycles. The van der Waals surface area contributed by atoms with Crippen molar-refractivity contribution in [1.82, 2.24) is 10.6 Å². The summed E-state index contributed by atoms with van der Waals surface area (Å²) in [6.45, 7) is 7.43. The molecule has 2 aromatic rings. The predicted molar refractivity (Wildman–Crippen MR) is 113 cm³/mol. The van der Waals surface area contributed by atoms with Gasteiger partial charge in [0.25, 0.3) is 0 Å². The Labute approximate surface area is 170 Å². The minimum Gasteiger partial charge on any atom is -0.496 e. The molecule has 2 unspecified atom stereocenters. The Kier molecular flexibility index (Phi) is 6.46. The Balaban J connectivity index is 1.72. The molecule has 28 heavy (non-hydrogen) atoms. The van der Waals surface area contributed by atoms with Crippen LogP contribution in [0.1, 0.15) is 36.8 Å². The van der Waals surface area contributed by atoms with Crippen LogP contribution in [0.4, 0.5) is 0 Å². The third-order valence-corrected chi connectivity index (χ3v) is 5.83. The predicted octanol–water partition coefficient (Wildman–Crippen LogP) is 3.04. The maximum Gasteiger partial charge on any atom is 0.191 e. The Morgan fingerprint density at radius 1 is 1.43 bits per heavy atom. The summed E-state index contributed by atoms with van der Waals surface area (Å²) in [5.41, 5.74) is 1.19. The molecule has 1 aliphatic rings. The summed E-state index contributed by atoms with van der Waals surface area (Å²) in [4.78, 5) is 5.59. The van der Waals surface area contributed by atoms with Crippen LogP contribution in [-0.2, 0) is 18.6 Å². The number of rotatable bonds is 7. The summed E-state index contributed by atoms with van der Waals surface area (Å²) in [7, 11) is 1.68. The van der Waals surface area contributed by atoms with Crippen molar-refractivity contribution in [3.8, 4) is 11.5 Å². The molecule has 7 heteroatoms. The highest BCUT2D eigenvalue weighted by Crippen LogP contribution is 2.35. The van der Waals surface area contributed by atoms with Crippen molar-refractivity contribution in [2.24, 2.45) is 4.99 Å². The first-order chi connectivity index (χ1) is 13.4. The first-order valence-electron chi connectivity index (χ1n) is 9.58. The molecule has 3 rings (SSSR count). The molecule has 0 spiro atoms. The second-order valence-electron chi connectivity index (χ2n) is 7.20. The lowest BCUT2D eigenvalue weighted by Crippen LogP contribution is -2.44. The number of aliphatic hydroxyl groups is 1. The van der Waals surface area contributed by atoms with E-state index in [-0.39, 0.29) is 6.10 Å². The molecule has 152 valence electrons. The molecule has 2 heterocycles. The second-order valence-corrected chi connectivity index (χ2v) is 8.15. The van der Waals surface area contributed by atoms with Crippen LogP contribution in [0.5, 0.6) is 11.5 Å². The van der Waals surface area contributed by atoms with Gasteiger partial charge in [-0.25, -0.2) is 4.99 Å². The van der Waals surface area contributed by atoms with Crippen molar-refractivity contribution in [2.75, 3.05) is 20.2 Å². The van der Waals surface area contributed by atoms with Crippen molar-refractivity contribution in [2.45, 2.75) is 45.4 Å². The lowest BCUT2D eigenvalue weighted by atomic mass is 10.1. The fourth-order valence-electron chi connectivity index (χ4n) is 3.23. The molecule has 0 aliphatic carbocycles. The number of guanidine groups is 1. The minimum atomic E-state index is -0.959. The van der Waals surface area contributed by atoms with Gasteiger partial charge < -0.3 is 25.2 Å². The van der Waals surface area contributed by atoms with Gasteiger partial charge in [0, 0.05) is 29.0 Å². The van der Waals surface area contributed by atoms with E-state index in [9.17, 15) is 5.11 Å². The average molecular weight is 404 g/mol. The first-order valence-corrected chi connectivity index (χ1v) is 10.5. The summed E-state index contributed by atoms with van der Waals surface area (Å²) in [5.74, 6) is 2.38. The van der Waals surface area contributed by atoms with E-state index in [2.05, 4.69) is 22.5 Å². The van der Waals surface area contributed by atoms with Crippen LogP contribution < -0.4 is 20.1 Å². The lowest BCUT2D eigenvalue weighted by molar-refractivity contribution is 0.0655. The Morgan fingerprint density at radius 3 is 2.93 bits per heavy atom. The van der Waals surface area contributed by atoms with Crippen molar-refractivity contribution < 1.29 is 14.6 Å². The molecule has 0 bridgehead atoms. The maximum absolute atomic E-state index is 10.7. The minimum absolute atomic E-state index is 0.192. The van der Waals surface area contributed by atoms with Gasteiger partial charge in [-0.05, 0) is 44.4 Å². The van der Waals surface area contributed by atoms with Crippen molar-refractivity contribution in [3.63, 3.8) is 0 Å². The van der Waals surface area contributed by atoms with Crippen LogP contribution in [0.25, 0.3) is 0 Å². The molecule has 0 amide bonds. The molecular formula is C21H29N3O3S. The standard InChI is InChI=1S/C21H29N3O3S/c1-5-22-20(24-13-21(3,25)19-7-6-8-28-19)23-12-16-11-18-15(9-14(2)27-18)10-17(16)26-4/h6-8,10-11,14,25H,5,9,12-13H2,1-4H3,(H2,22,23,24). The Hall–Kier alpha value is -2.25. The highest BCUT2D eigenvalue weighted by atomic mass is 32.1. The van der Waals surface area contributed by atoms with Gasteiger partial charge in [0.05, 0.1) is 20.2 Å². The molecule has 2 atom stereocenters. The van der Waals surface area contributed by atoms with Gasteiger partial charge in [-0.1, -0.05) is 6.07 Å². The SMILES string of the molecule is CCNC(=NCc1cc2c(cc1OC)CC(C)O2)NCC(C)(O)c1cccs1. The number of methoxy groups -OCH3 is 1. The first kappa shape index (κ1) is 20.5. The van der Waals surface area contributed by atoms with Gasteiger partial charge in [0.1, 0.15) is 23.2 Å². The van der Waals surface area contributed by atoms with Crippen LogP contribution in [-0.4, -0.2) is 37.4 Å². The van der Waals surface area contributed by atoms with Crippen LogP contribution in [0.2, 0.25) is 0 Å². The normalized spacial score (nSPS) is 18.2. The van der Waals surface area contributed by atoms with Crippen LogP contribution in [0.15, 0.2) is 34.6 Å². The quantitative estimate of drug-likeness (QED) is 0.489. The summed E-state index contributed by atoms with van der Waals surface area (Å²) < 4.78 is 11.4. The molecule has 0 radical (unpaired) electrons. The number of ether oxygens (including phenoxy) is 2. The molecule has 0 saturated carbocycles. The summed E-state index contributed by atoms with van der Waals surface area (Å²) in [5, 5.41) is 19.1. The fraction of sp³-hybridized carbons (Fsp3) is 0.476. The van der Waals surface area contributed by atoms with E-state index in [0.29, 0.717) is 19.0 Å². The monoisotopic (exact) mass is 403 g/mol. The van der Waals surface area contributed by atoms with Gasteiger partial charge in [-0.3, -0.25) is 0 Å². The zero-order valence-corrected chi connectivity index (χ0v) is 17.7. The Morgan fingerprint density at radius 2 is 2.25 bits per heavy atom. The number of hydrogen-bond donors (Lipinski definition) is 3. The van der Waals surface area contributed by atoms with Crippen molar-refractivity contribution >= 4 is 17.3 Å². The summed E-state index contributed by atoms with van der Waals surface area (Å²) in [6.07, 6.45) is 1.09. The number of hydrogen-bond acceptors (Lipinski definition) is 5. The van der Waals surface area contributed by atoms with Crippen LogP contribution >= 0.6 is 11.3 Å². The van der Waals surface area contributed by atoms with E-state index < -0.39 is 5.60 Å². The van der Waals surface area contributed by atoms with E-state index >= 15 is 0 Å². The highest BCUT2D eigenvalue weighted by molar-refractivity contribution is 7.10. The number of benzene rings is 1. The molecule has 1 aliphatic heterocycles. The van der Waals surface area contributed by atoms with Gasteiger partial charge in [0.2, 0.25) is 0 Å². The average Bonchev–Trinajstić information content (AvgIpc) is 3.32. The van der Waals surface area contributed by atoms with Crippen molar-refractivity contribution in [3.05, 3.63) is 45.6 Å². The van der Waals surface area contributed by atoms with E-state index in [4.69, 9.17) is 9.47 Å². The lowest BCUT2D eigenvalue weighted by Gasteiger charge is -2.23. The molecule has 0 fully saturated rings. The van der Waals surface area contributed by atoms with Gasteiger partial charge in [-0.2, -0.15) is 0 Å². The van der Waals surface area contributed by atoms with E-state index in [1.807, 2.05) is 36.6 Å². The highest BCUT2D eigenvalue weighted by Gasteiger charge is 2.25. The molecule has 6 nitrogen and oxygen atoms in total. The number of nitrogens with zero attached hydrogens (tertiary/aromatic N) is 1. The number of thiophene rings is 1. The van der Waals surface area contributed by atoms with Crippen molar-refractivity contribution in [1.29, 1.82) is 0 Å². The van der Waals surface area contributed by atoms with E-state index in [1.165, 1.54) is 5.56 Å². The second kappa shape index (κ2) is 8.84. The Bertz CT molecular complexity index is 819. The molecular weight excluding hydrogens is 374 g/mol. The smallest absolute Gasteiger partial charge is 0.191 e. The largest absolute Gasteiger partial charge is 0.496 e. The molecule has 1 aromatic heterocycles. The number of aliphatic imine (C=N–C) groups is 1. The third-order valence-electron chi connectivity index (χ3n) is 4.70. The third kappa shape index (κ3) is 4.77. The zero-order chi connectivity index (χ0) is 20.1. The van der Waals surface area contributed by atoms with E-state index in [1.54, 1.807) is 25.4 Å². The molecule has 3 N–H and O–H groups in total. The van der Waals surface area contributed by atoms with Gasteiger partial charge in [-0.15, -0.1) is 11.3 Å². The fourth-order valence-corrected chi connectivity index (χ4v) is 4.02. The van der Waals surface area contributed by atoms with Gasteiger partial charge in [0.15, 0.2) is 5.96 Å². The van der Waals surface area contributed by atoms with Crippen LogP contribution in [0, 0.1) is 0 Å². The molecule has 0 saturated heterocycles. The number of fused-ring (bicyclic) bond motifs is 1. The van der Waals surface area contributed by atoms with Crippen LogP contribution in [0.3, 0.4) is 0 Å². The maximum atomic E-state index is 10.7. The zero-order valence-electron chi connectivity index (χ0n) is 16.9.